The van der Waals surface area contributed by atoms with E-state index in [-0.39, 0.29) is 18.1 Å². The quantitative estimate of drug-likeness (QED) is 0.913. The van der Waals surface area contributed by atoms with Crippen LogP contribution in [0.25, 0.3) is 5.57 Å². The van der Waals surface area contributed by atoms with Gasteiger partial charge in [0.15, 0.2) is 0 Å². The van der Waals surface area contributed by atoms with Crippen LogP contribution in [-0.2, 0) is 0 Å². The lowest BCUT2D eigenvalue weighted by Gasteiger charge is -2.20. The first-order valence-corrected chi connectivity index (χ1v) is 7.34. The van der Waals surface area contributed by atoms with Gasteiger partial charge >= 0.3 is 0 Å². The summed E-state index contributed by atoms with van der Waals surface area (Å²) >= 11 is 1.43. The number of aliphatic hydroxyl groups excluding tert-OH is 1. The highest BCUT2D eigenvalue weighted by Crippen LogP contribution is 2.36. The molecule has 0 radical (unpaired) electrons. The third kappa shape index (κ3) is 2.27. The maximum absolute atomic E-state index is 10.2. The first-order valence-electron chi connectivity index (χ1n) is 6.46. The van der Waals surface area contributed by atoms with Gasteiger partial charge in [-0.25, -0.2) is 4.98 Å². The van der Waals surface area contributed by atoms with Crippen molar-refractivity contribution in [1.29, 1.82) is 5.41 Å². The molecule has 0 bridgehead atoms. The highest BCUT2D eigenvalue weighted by Gasteiger charge is 2.32. The fourth-order valence-electron chi connectivity index (χ4n) is 2.33. The van der Waals surface area contributed by atoms with Crippen LogP contribution < -0.4 is 9.64 Å². The summed E-state index contributed by atoms with van der Waals surface area (Å²) in [5, 5.41) is 21.2. The SMILES string of the molecule is COc1ccccc1N1CC(O)=C(c2nc(C)cs2)C1=N. The summed E-state index contributed by atoms with van der Waals surface area (Å²) in [5.74, 6) is 1.08. The largest absolute Gasteiger partial charge is 0.510 e. The number of anilines is 1. The lowest BCUT2D eigenvalue weighted by Crippen LogP contribution is -2.26. The molecular weight excluding hydrogens is 286 g/mol. The van der Waals surface area contributed by atoms with Gasteiger partial charge < -0.3 is 14.7 Å². The number of ether oxygens (including phenoxy) is 1. The van der Waals surface area contributed by atoms with E-state index in [0.29, 0.717) is 16.3 Å². The van der Waals surface area contributed by atoms with E-state index < -0.39 is 0 Å². The van der Waals surface area contributed by atoms with Crippen LogP contribution in [0.4, 0.5) is 5.69 Å². The van der Waals surface area contributed by atoms with Crippen LogP contribution in [0.2, 0.25) is 0 Å². The number of aryl methyl sites for hydroxylation is 1. The minimum atomic E-state index is 0.167. The average molecular weight is 301 g/mol. The smallest absolute Gasteiger partial charge is 0.142 e. The molecule has 1 aromatic heterocycles. The fraction of sp³-hybridized carbons (Fsp3) is 0.200. The zero-order valence-electron chi connectivity index (χ0n) is 11.8. The van der Waals surface area contributed by atoms with Crippen molar-refractivity contribution in [3.05, 3.63) is 46.1 Å². The molecule has 2 aromatic rings. The Morgan fingerprint density at radius 1 is 1.38 bits per heavy atom. The summed E-state index contributed by atoms with van der Waals surface area (Å²) in [6.45, 7) is 2.15. The normalized spacial score (nSPS) is 15.0. The monoisotopic (exact) mass is 301 g/mol. The first-order chi connectivity index (χ1) is 10.1. The second-order valence-corrected chi connectivity index (χ2v) is 5.58. The molecule has 108 valence electrons. The number of para-hydroxylation sites is 2. The Balaban J connectivity index is 1.98. The molecule has 2 heterocycles. The van der Waals surface area contributed by atoms with Gasteiger partial charge in [-0.3, -0.25) is 5.41 Å². The maximum atomic E-state index is 10.2. The number of nitrogens with zero attached hydrogens (tertiary/aromatic N) is 2. The van der Waals surface area contributed by atoms with Crippen molar-refractivity contribution in [2.75, 3.05) is 18.6 Å². The number of benzene rings is 1. The van der Waals surface area contributed by atoms with Crippen LogP contribution in [0.15, 0.2) is 35.4 Å². The lowest BCUT2D eigenvalue weighted by atomic mass is 10.2. The Labute approximate surface area is 126 Å². The lowest BCUT2D eigenvalue weighted by molar-refractivity contribution is 0.407. The van der Waals surface area contributed by atoms with Crippen LogP contribution >= 0.6 is 11.3 Å². The summed E-state index contributed by atoms with van der Waals surface area (Å²) in [6.07, 6.45) is 0. The van der Waals surface area contributed by atoms with Crippen LogP contribution in [0.1, 0.15) is 10.7 Å². The Morgan fingerprint density at radius 3 is 2.81 bits per heavy atom. The highest BCUT2D eigenvalue weighted by atomic mass is 32.1. The van der Waals surface area contributed by atoms with Gasteiger partial charge in [-0.05, 0) is 19.1 Å². The van der Waals surface area contributed by atoms with E-state index in [1.54, 1.807) is 12.0 Å². The van der Waals surface area contributed by atoms with Crippen LogP contribution in [-0.4, -0.2) is 29.6 Å². The second kappa shape index (κ2) is 5.21. The summed E-state index contributed by atoms with van der Waals surface area (Å²) in [4.78, 5) is 6.09. The topological polar surface area (TPSA) is 69.4 Å². The Hall–Kier alpha value is -2.34. The van der Waals surface area contributed by atoms with Gasteiger partial charge in [0.25, 0.3) is 0 Å². The van der Waals surface area contributed by atoms with Gasteiger partial charge in [0.05, 0.1) is 24.9 Å². The van der Waals surface area contributed by atoms with Crippen molar-refractivity contribution >= 4 is 28.4 Å². The molecule has 3 rings (SSSR count). The van der Waals surface area contributed by atoms with Crippen LogP contribution in [0.5, 0.6) is 5.75 Å². The molecular formula is C15H15N3O2S. The predicted octanol–water partition coefficient (Wildman–Crippen LogP) is 3.23. The molecule has 0 fully saturated rings. The predicted molar refractivity (Wildman–Crippen MR) is 84.5 cm³/mol. The molecule has 2 N–H and O–H groups in total. The number of hydrogen-bond donors (Lipinski definition) is 2. The van der Waals surface area contributed by atoms with E-state index in [2.05, 4.69) is 4.98 Å². The van der Waals surface area contributed by atoms with Gasteiger partial charge in [0.1, 0.15) is 22.4 Å². The van der Waals surface area contributed by atoms with E-state index in [4.69, 9.17) is 10.1 Å². The Kier molecular flexibility index (Phi) is 3.39. The molecule has 6 heteroatoms. The van der Waals surface area contributed by atoms with Crippen molar-refractivity contribution in [2.24, 2.45) is 0 Å². The van der Waals surface area contributed by atoms with Gasteiger partial charge in [-0.2, -0.15) is 0 Å². The van der Waals surface area contributed by atoms with Gasteiger partial charge in [0.2, 0.25) is 0 Å². The number of thiazole rings is 1. The third-order valence-corrected chi connectivity index (χ3v) is 4.29. The molecule has 1 aliphatic rings. The number of aromatic nitrogens is 1. The molecule has 5 nitrogen and oxygen atoms in total. The van der Waals surface area contributed by atoms with Crippen molar-refractivity contribution in [3.63, 3.8) is 0 Å². The maximum Gasteiger partial charge on any atom is 0.142 e. The number of aliphatic hydroxyl groups is 1. The summed E-state index contributed by atoms with van der Waals surface area (Å²) in [7, 11) is 1.59. The number of rotatable bonds is 3. The van der Waals surface area contributed by atoms with E-state index in [0.717, 1.165) is 11.4 Å². The molecule has 0 aliphatic carbocycles. The Bertz CT molecular complexity index is 736. The third-order valence-electron chi connectivity index (χ3n) is 3.31. The number of nitrogens with one attached hydrogen (secondary N) is 1. The zero-order valence-corrected chi connectivity index (χ0v) is 12.6. The highest BCUT2D eigenvalue weighted by molar-refractivity contribution is 7.11. The zero-order chi connectivity index (χ0) is 15.0. The van der Waals surface area contributed by atoms with E-state index in [9.17, 15) is 5.11 Å². The molecule has 0 amide bonds. The standard InChI is InChI=1S/C15H15N3O2S/c1-9-8-21-15(17-9)13-11(19)7-18(14(13)16)10-5-3-4-6-12(10)20-2/h3-6,8,16,19H,7H2,1-2H3. The first kappa shape index (κ1) is 13.6. The van der Waals surface area contributed by atoms with Crippen molar-refractivity contribution in [1.82, 2.24) is 4.98 Å². The van der Waals surface area contributed by atoms with E-state index in [1.807, 2.05) is 36.6 Å². The fourth-order valence-corrected chi connectivity index (χ4v) is 3.20. The van der Waals surface area contributed by atoms with Gasteiger partial charge in [0, 0.05) is 11.1 Å². The summed E-state index contributed by atoms with van der Waals surface area (Å²) in [6, 6.07) is 7.47. The molecule has 0 saturated heterocycles. The van der Waals surface area contributed by atoms with Gasteiger partial charge in [-0.1, -0.05) is 12.1 Å². The van der Waals surface area contributed by atoms with Crippen LogP contribution in [0.3, 0.4) is 0 Å². The molecule has 1 aliphatic heterocycles. The number of hydrogen-bond acceptors (Lipinski definition) is 5. The molecule has 0 saturated carbocycles. The van der Waals surface area contributed by atoms with Gasteiger partial charge in [-0.15, -0.1) is 11.3 Å². The minimum absolute atomic E-state index is 0.167. The van der Waals surface area contributed by atoms with E-state index >= 15 is 0 Å². The summed E-state index contributed by atoms with van der Waals surface area (Å²) in [5.41, 5.74) is 2.15. The molecule has 0 spiro atoms. The Morgan fingerprint density at radius 2 is 2.14 bits per heavy atom. The summed E-state index contributed by atoms with van der Waals surface area (Å²) < 4.78 is 5.33. The average Bonchev–Trinajstić information content (AvgIpc) is 3.02. The molecule has 0 atom stereocenters. The second-order valence-electron chi connectivity index (χ2n) is 4.72. The minimum Gasteiger partial charge on any atom is -0.510 e. The number of amidine groups is 1. The molecule has 21 heavy (non-hydrogen) atoms. The van der Waals surface area contributed by atoms with Crippen molar-refractivity contribution < 1.29 is 9.84 Å². The van der Waals surface area contributed by atoms with Crippen LogP contribution in [0, 0.1) is 12.3 Å². The van der Waals surface area contributed by atoms with Crippen molar-refractivity contribution in [3.8, 4) is 5.75 Å². The number of methoxy groups -OCH3 is 1. The van der Waals surface area contributed by atoms with E-state index in [1.165, 1.54) is 11.3 Å². The molecule has 1 aromatic carbocycles. The molecule has 0 unspecified atom stereocenters. The van der Waals surface area contributed by atoms with Crippen molar-refractivity contribution in [2.45, 2.75) is 6.92 Å².